The molecule has 0 aliphatic rings. The van der Waals surface area contributed by atoms with Crippen molar-refractivity contribution < 1.29 is 29.3 Å². The summed E-state index contributed by atoms with van der Waals surface area (Å²) in [6.07, 6.45) is -3.27. The van der Waals surface area contributed by atoms with Crippen LogP contribution in [0.2, 0.25) is 0 Å². The van der Waals surface area contributed by atoms with E-state index in [9.17, 15) is 19.8 Å². The third kappa shape index (κ3) is 5.71. The van der Waals surface area contributed by atoms with Crippen LogP contribution in [0.15, 0.2) is 18.2 Å². The van der Waals surface area contributed by atoms with E-state index in [1.807, 2.05) is 0 Å². The molecular formula is C16H24N2O6. The van der Waals surface area contributed by atoms with Crippen molar-refractivity contribution in [3.05, 3.63) is 29.3 Å². The van der Waals surface area contributed by atoms with Crippen molar-refractivity contribution in [2.75, 3.05) is 19.4 Å². The fourth-order valence-electron chi connectivity index (χ4n) is 1.90. The van der Waals surface area contributed by atoms with Crippen molar-refractivity contribution in [2.24, 2.45) is 0 Å². The van der Waals surface area contributed by atoms with Crippen molar-refractivity contribution in [3.63, 3.8) is 0 Å². The van der Waals surface area contributed by atoms with Gasteiger partial charge in [-0.25, -0.2) is 9.59 Å². The van der Waals surface area contributed by atoms with Gasteiger partial charge in [0.15, 0.2) is 0 Å². The lowest BCUT2D eigenvalue weighted by atomic mass is 10.0. The first-order valence-corrected chi connectivity index (χ1v) is 7.36. The number of carbonyl (C=O) groups is 2. The SMILES string of the molecule is COC(=O)c1ccc(C(O)C(O)CNC(=O)OC(C)(C)C)cc1N. The topological polar surface area (TPSA) is 131 Å². The zero-order valence-electron chi connectivity index (χ0n) is 14.2. The molecule has 5 N–H and O–H groups in total. The summed E-state index contributed by atoms with van der Waals surface area (Å²) < 4.78 is 9.61. The van der Waals surface area contributed by atoms with Crippen molar-refractivity contribution in [3.8, 4) is 0 Å². The molecule has 0 aliphatic heterocycles. The van der Waals surface area contributed by atoms with Gasteiger partial charge in [-0.15, -0.1) is 0 Å². The van der Waals surface area contributed by atoms with Gasteiger partial charge in [0.05, 0.1) is 12.7 Å². The number of esters is 1. The Morgan fingerprint density at radius 2 is 1.92 bits per heavy atom. The monoisotopic (exact) mass is 340 g/mol. The van der Waals surface area contributed by atoms with Gasteiger partial charge in [-0.3, -0.25) is 0 Å². The zero-order chi connectivity index (χ0) is 18.5. The molecule has 1 rings (SSSR count). The lowest BCUT2D eigenvalue weighted by molar-refractivity contribution is 0.0129. The summed E-state index contributed by atoms with van der Waals surface area (Å²) in [5.41, 5.74) is 5.67. The molecule has 0 heterocycles. The molecule has 0 saturated heterocycles. The van der Waals surface area contributed by atoms with E-state index < -0.39 is 29.9 Å². The quantitative estimate of drug-likeness (QED) is 0.464. The molecule has 24 heavy (non-hydrogen) atoms. The highest BCUT2D eigenvalue weighted by atomic mass is 16.6. The number of nitrogen functional groups attached to an aromatic ring is 1. The van der Waals surface area contributed by atoms with Crippen LogP contribution in [0.1, 0.15) is 42.8 Å². The highest BCUT2D eigenvalue weighted by Crippen LogP contribution is 2.22. The van der Waals surface area contributed by atoms with Gasteiger partial charge >= 0.3 is 12.1 Å². The highest BCUT2D eigenvalue weighted by molar-refractivity contribution is 5.95. The van der Waals surface area contributed by atoms with Crippen LogP contribution >= 0.6 is 0 Å². The molecule has 0 saturated carbocycles. The van der Waals surface area contributed by atoms with Crippen molar-refractivity contribution in [1.82, 2.24) is 5.32 Å². The van der Waals surface area contributed by atoms with E-state index in [1.54, 1.807) is 20.8 Å². The molecule has 1 aromatic rings. The van der Waals surface area contributed by atoms with Crippen molar-refractivity contribution in [1.29, 1.82) is 0 Å². The van der Waals surface area contributed by atoms with Gasteiger partial charge in [-0.2, -0.15) is 0 Å². The molecule has 2 atom stereocenters. The number of alkyl carbamates (subject to hydrolysis) is 1. The summed E-state index contributed by atoms with van der Waals surface area (Å²) in [5, 5.41) is 22.5. The largest absolute Gasteiger partial charge is 0.465 e. The Morgan fingerprint density at radius 1 is 1.29 bits per heavy atom. The summed E-state index contributed by atoms with van der Waals surface area (Å²) in [4.78, 5) is 23.0. The fourth-order valence-corrected chi connectivity index (χ4v) is 1.90. The second-order valence-corrected chi connectivity index (χ2v) is 6.23. The van der Waals surface area contributed by atoms with Gasteiger partial charge < -0.3 is 30.7 Å². The predicted molar refractivity (Wildman–Crippen MR) is 87.4 cm³/mol. The first-order chi connectivity index (χ1) is 11.0. The van der Waals surface area contributed by atoms with E-state index in [0.29, 0.717) is 5.56 Å². The number of aliphatic hydroxyl groups excluding tert-OH is 2. The number of nitrogens with two attached hydrogens (primary N) is 1. The van der Waals surface area contributed by atoms with Crippen LogP contribution in [0.3, 0.4) is 0 Å². The van der Waals surface area contributed by atoms with E-state index in [0.717, 1.165) is 0 Å². The lowest BCUT2D eigenvalue weighted by Crippen LogP contribution is -2.38. The van der Waals surface area contributed by atoms with Crippen molar-refractivity contribution >= 4 is 17.7 Å². The van der Waals surface area contributed by atoms with Gasteiger partial charge in [0, 0.05) is 12.2 Å². The first kappa shape index (κ1) is 19.7. The summed E-state index contributed by atoms with van der Waals surface area (Å²) in [6.45, 7) is 4.92. The number of ether oxygens (including phenoxy) is 2. The third-order valence-corrected chi connectivity index (χ3v) is 3.04. The highest BCUT2D eigenvalue weighted by Gasteiger charge is 2.22. The van der Waals surface area contributed by atoms with Crippen LogP contribution in [0.4, 0.5) is 10.5 Å². The van der Waals surface area contributed by atoms with Gasteiger partial charge in [-0.1, -0.05) is 6.07 Å². The maximum atomic E-state index is 11.5. The number of nitrogens with one attached hydrogen (secondary N) is 1. The maximum absolute atomic E-state index is 11.5. The maximum Gasteiger partial charge on any atom is 0.407 e. The Labute approximate surface area is 140 Å². The number of carbonyl (C=O) groups excluding carboxylic acids is 2. The Kier molecular flexibility index (Phi) is 6.56. The average Bonchev–Trinajstić information content (AvgIpc) is 2.49. The molecule has 0 radical (unpaired) electrons. The molecule has 8 nitrogen and oxygen atoms in total. The number of aliphatic hydroxyl groups is 2. The van der Waals surface area contributed by atoms with Crippen LogP contribution in [-0.4, -0.2) is 47.6 Å². The van der Waals surface area contributed by atoms with Gasteiger partial charge in [0.25, 0.3) is 0 Å². The number of benzene rings is 1. The molecule has 0 aromatic heterocycles. The summed E-state index contributed by atoms with van der Waals surface area (Å²) in [5.74, 6) is -0.597. The molecule has 0 aliphatic carbocycles. The molecule has 1 aromatic carbocycles. The van der Waals surface area contributed by atoms with Gasteiger partial charge in [0.1, 0.15) is 17.8 Å². The minimum Gasteiger partial charge on any atom is -0.465 e. The molecule has 134 valence electrons. The Morgan fingerprint density at radius 3 is 2.42 bits per heavy atom. The average molecular weight is 340 g/mol. The van der Waals surface area contributed by atoms with E-state index in [2.05, 4.69) is 10.1 Å². The Hall–Kier alpha value is -2.32. The Bertz CT molecular complexity index is 597. The van der Waals surface area contributed by atoms with E-state index in [-0.39, 0.29) is 17.8 Å². The van der Waals surface area contributed by atoms with Gasteiger partial charge in [0.2, 0.25) is 0 Å². The molecule has 1 amide bonds. The van der Waals surface area contributed by atoms with Crippen LogP contribution < -0.4 is 11.1 Å². The fraction of sp³-hybridized carbons (Fsp3) is 0.500. The molecule has 8 heteroatoms. The lowest BCUT2D eigenvalue weighted by Gasteiger charge is -2.22. The minimum absolute atomic E-state index is 0.116. The standard InChI is InChI=1S/C16H24N2O6/c1-16(2,3)24-15(22)18-8-12(19)13(20)9-5-6-10(11(17)7-9)14(21)23-4/h5-7,12-13,19-20H,8,17H2,1-4H3,(H,18,22). The first-order valence-electron chi connectivity index (χ1n) is 7.36. The van der Waals surface area contributed by atoms with E-state index in [4.69, 9.17) is 10.5 Å². The summed E-state index contributed by atoms with van der Waals surface area (Å²) in [6, 6.07) is 4.21. The van der Waals surface area contributed by atoms with Crippen LogP contribution in [0, 0.1) is 0 Å². The van der Waals surface area contributed by atoms with Crippen LogP contribution in [0.25, 0.3) is 0 Å². The van der Waals surface area contributed by atoms with Gasteiger partial charge in [-0.05, 0) is 38.5 Å². The second-order valence-electron chi connectivity index (χ2n) is 6.23. The number of hydrogen-bond acceptors (Lipinski definition) is 7. The number of anilines is 1. The zero-order valence-corrected chi connectivity index (χ0v) is 14.2. The Balaban J connectivity index is 2.69. The molecule has 0 fully saturated rings. The molecule has 2 unspecified atom stereocenters. The smallest absolute Gasteiger partial charge is 0.407 e. The molecule has 0 spiro atoms. The number of methoxy groups -OCH3 is 1. The van der Waals surface area contributed by atoms with E-state index in [1.165, 1.54) is 25.3 Å². The third-order valence-electron chi connectivity index (χ3n) is 3.04. The van der Waals surface area contributed by atoms with Crippen LogP contribution in [0.5, 0.6) is 0 Å². The minimum atomic E-state index is -1.30. The van der Waals surface area contributed by atoms with Crippen LogP contribution in [-0.2, 0) is 9.47 Å². The second kappa shape index (κ2) is 7.98. The number of amides is 1. The molecular weight excluding hydrogens is 316 g/mol. The number of hydrogen-bond donors (Lipinski definition) is 4. The predicted octanol–water partition coefficient (Wildman–Crippen LogP) is 0.974. The summed E-state index contributed by atoms with van der Waals surface area (Å²) in [7, 11) is 1.23. The van der Waals surface area contributed by atoms with E-state index >= 15 is 0 Å². The van der Waals surface area contributed by atoms with Crippen molar-refractivity contribution in [2.45, 2.75) is 38.6 Å². The number of rotatable bonds is 5. The summed E-state index contributed by atoms with van der Waals surface area (Å²) >= 11 is 0. The normalized spacial score (nSPS) is 13.8. The molecule has 0 bridgehead atoms.